The van der Waals surface area contributed by atoms with Crippen LogP contribution in [-0.2, 0) is 4.84 Å². The lowest BCUT2D eigenvalue weighted by Gasteiger charge is -2.08. The molecule has 0 N–H and O–H groups in total. The van der Waals surface area contributed by atoms with Crippen molar-refractivity contribution >= 4 is 32.7 Å². The maximum atomic E-state index is 5.28. The smallest absolute Gasteiger partial charge is 0.146 e. The first kappa shape index (κ1) is 12.4. The van der Waals surface area contributed by atoms with E-state index in [1.165, 1.54) is 18.9 Å². The van der Waals surface area contributed by atoms with Crippen LogP contribution in [0.2, 0.25) is 0 Å². The first-order chi connectivity index (χ1) is 7.22. The second-order valence-electron chi connectivity index (χ2n) is 2.63. The third-order valence-electron chi connectivity index (χ3n) is 1.76. The van der Waals surface area contributed by atoms with Crippen LogP contribution in [0.1, 0.15) is 5.56 Å². The molecular formula is C10H12BrNO2S. The Balaban J connectivity index is 3.17. The number of methoxy groups -OCH3 is 1. The molecule has 0 amide bonds. The third kappa shape index (κ3) is 3.14. The summed E-state index contributed by atoms with van der Waals surface area (Å²) in [6.07, 6.45) is 1.94. The van der Waals surface area contributed by atoms with Gasteiger partial charge >= 0.3 is 0 Å². The summed E-state index contributed by atoms with van der Waals surface area (Å²) in [5.41, 5.74) is 0.926. The monoisotopic (exact) mass is 289 g/mol. The van der Waals surface area contributed by atoms with Crippen LogP contribution in [0.5, 0.6) is 5.75 Å². The van der Waals surface area contributed by atoms with Gasteiger partial charge in [0.2, 0.25) is 0 Å². The molecule has 0 saturated heterocycles. The van der Waals surface area contributed by atoms with Gasteiger partial charge in [-0.1, -0.05) is 21.1 Å². The van der Waals surface area contributed by atoms with Gasteiger partial charge in [-0.2, -0.15) is 0 Å². The number of benzene rings is 1. The summed E-state index contributed by atoms with van der Waals surface area (Å²) < 4.78 is 6.25. The van der Waals surface area contributed by atoms with Crippen molar-refractivity contribution in [2.45, 2.75) is 0 Å². The van der Waals surface area contributed by atoms with Gasteiger partial charge in [0, 0.05) is 4.47 Å². The van der Waals surface area contributed by atoms with Crippen molar-refractivity contribution in [3.05, 3.63) is 28.2 Å². The standard InChI is InChI=1S/C10H12BrNO2S/c1-13-9-6-7(11)4-5-8(9)10(15-3)12-14-2/h4-6H,1-3H3. The molecule has 0 atom stereocenters. The van der Waals surface area contributed by atoms with Crippen LogP contribution in [0.3, 0.4) is 0 Å². The van der Waals surface area contributed by atoms with Crippen molar-refractivity contribution in [1.29, 1.82) is 0 Å². The van der Waals surface area contributed by atoms with E-state index in [4.69, 9.17) is 9.57 Å². The van der Waals surface area contributed by atoms with Crippen molar-refractivity contribution in [3.8, 4) is 5.75 Å². The predicted molar refractivity (Wildman–Crippen MR) is 67.8 cm³/mol. The highest BCUT2D eigenvalue weighted by atomic mass is 79.9. The minimum atomic E-state index is 0.773. The van der Waals surface area contributed by atoms with Crippen LogP contribution in [0.25, 0.3) is 0 Å². The fourth-order valence-corrected chi connectivity index (χ4v) is 2.00. The number of halogens is 1. The zero-order valence-electron chi connectivity index (χ0n) is 8.78. The molecule has 1 aromatic rings. The molecule has 0 unspecified atom stereocenters. The minimum absolute atomic E-state index is 0.773. The van der Waals surface area contributed by atoms with Gasteiger partial charge < -0.3 is 9.57 Å². The van der Waals surface area contributed by atoms with Crippen LogP contribution in [-0.4, -0.2) is 25.5 Å². The van der Waals surface area contributed by atoms with Crippen LogP contribution in [0, 0.1) is 0 Å². The number of hydrogen-bond acceptors (Lipinski definition) is 4. The van der Waals surface area contributed by atoms with Crippen LogP contribution >= 0.6 is 27.7 Å². The van der Waals surface area contributed by atoms with Crippen molar-refractivity contribution in [2.75, 3.05) is 20.5 Å². The molecular weight excluding hydrogens is 278 g/mol. The third-order valence-corrected chi connectivity index (χ3v) is 2.94. The zero-order chi connectivity index (χ0) is 11.3. The van der Waals surface area contributed by atoms with E-state index in [2.05, 4.69) is 21.1 Å². The lowest BCUT2D eigenvalue weighted by Crippen LogP contribution is -1.99. The molecule has 82 valence electrons. The van der Waals surface area contributed by atoms with E-state index in [-0.39, 0.29) is 0 Å². The molecule has 0 aliphatic carbocycles. The van der Waals surface area contributed by atoms with E-state index >= 15 is 0 Å². The van der Waals surface area contributed by atoms with Crippen molar-refractivity contribution in [2.24, 2.45) is 5.16 Å². The molecule has 15 heavy (non-hydrogen) atoms. The van der Waals surface area contributed by atoms with Crippen molar-refractivity contribution in [1.82, 2.24) is 0 Å². The molecule has 5 heteroatoms. The summed E-state index contributed by atoms with van der Waals surface area (Å²) in [6.45, 7) is 0. The largest absolute Gasteiger partial charge is 0.496 e. The minimum Gasteiger partial charge on any atom is -0.496 e. The molecule has 0 bridgehead atoms. The van der Waals surface area contributed by atoms with Crippen molar-refractivity contribution in [3.63, 3.8) is 0 Å². The Kier molecular flexibility index (Phi) is 4.98. The quantitative estimate of drug-likeness (QED) is 0.487. The molecule has 0 aliphatic heterocycles. The summed E-state index contributed by atoms with van der Waals surface area (Å²) >= 11 is 4.90. The highest BCUT2D eigenvalue weighted by molar-refractivity contribution is 9.10. The van der Waals surface area contributed by atoms with E-state index in [9.17, 15) is 0 Å². The molecule has 0 spiro atoms. The van der Waals surface area contributed by atoms with Gasteiger partial charge in [-0.05, 0) is 24.5 Å². The molecule has 1 aromatic carbocycles. The Morgan fingerprint density at radius 1 is 1.40 bits per heavy atom. The predicted octanol–water partition coefficient (Wildman–Crippen LogP) is 3.13. The number of rotatable bonds is 3. The van der Waals surface area contributed by atoms with Gasteiger partial charge in [-0.25, -0.2) is 0 Å². The fourth-order valence-electron chi connectivity index (χ4n) is 1.12. The number of hydrogen-bond donors (Lipinski definition) is 0. The first-order valence-electron chi connectivity index (χ1n) is 4.22. The Hall–Kier alpha value is -0.680. The van der Waals surface area contributed by atoms with E-state index in [1.54, 1.807) is 7.11 Å². The molecule has 3 nitrogen and oxygen atoms in total. The summed E-state index contributed by atoms with van der Waals surface area (Å²) in [5, 5.41) is 4.73. The maximum absolute atomic E-state index is 5.28. The van der Waals surface area contributed by atoms with Gasteiger partial charge in [0.15, 0.2) is 0 Å². The normalized spacial score (nSPS) is 11.3. The number of nitrogens with zero attached hydrogens (tertiary/aromatic N) is 1. The fraction of sp³-hybridized carbons (Fsp3) is 0.300. The Morgan fingerprint density at radius 3 is 2.67 bits per heavy atom. The maximum Gasteiger partial charge on any atom is 0.146 e. The Morgan fingerprint density at radius 2 is 2.13 bits per heavy atom. The molecule has 0 heterocycles. The highest BCUT2D eigenvalue weighted by Crippen LogP contribution is 2.26. The molecule has 0 aromatic heterocycles. The van der Waals surface area contributed by atoms with Crippen LogP contribution < -0.4 is 4.74 Å². The molecule has 0 fully saturated rings. The summed E-state index contributed by atoms with van der Waals surface area (Å²) in [5.74, 6) is 0.773. The first-order valence-corrected chi connectivity index (χ1v) is 6.23. The second-order valence-corrected chi connectivity index (χ2v) is 4.34. The molecule has 0 radical (unpaired) electrons. The average molecular weight is 290 g/mol. The average Bonchev–Trinajstić information content (AvgIpc) is 2.26. The van der Waals surface area contributed by atoms with Crippen LogP contribution in [0.15, 0.2) is 27.8 Å². The van der Waals surface area contributed by atoms with Gasteiger partial charge in [0.05, 0.1) is 12.7 Å². The van der Waals surface area contributed by atoms with Gasteiger partial charge in [0.25, 0.3) is 0 Å². The lowest BCUT2D eigenvalue weighted by atomic mass is 10.2. The topological polar surface area (TPSA) is 30.8 Å². The van der Waals surface area contributed by atoms with E-state index < -0.39 is 0 Å². The van der Waals surface area contributed by atoms with Gasteiger partial charge in [0.1, 0.15) is 17.9 Å². The Labute approximate surface area is 102 Å². The molecule has 0 aliphatic rings. The number of ether oxygens (including phenoxy) is 1. The lowest BCUT2D eigenvalue weighted by molar-refractivity contribution is 0.215. The second kappa shape index (κ2) is 6.02. The summed E-state index contributed by atoms with van der Waals surface area (Å²) in [7, 11) is 3.16. The highest BCUT2D eigenvalue weighted by Gasteiger charge is 2.10. The van der Waals surface area contributed by atoms with Gasteiger partial charge in [-0.3, -0.25) is 0 Å². The van der Waals surface area contributed by atoms with Gasteiger partial charge in [-0.15, -0.1) is 11.8 Å². The molecule has 0 saturated carbocycles. The van der Waals surface area contributed by atoms with E-state index in [0.717, 1.165) is 20.8 Å². The SMILES string of the molecule is CON=C(SC)c1ccc(Br)cc1OC. The summed E-state index contributed by atoms with van der Waals surface area (Å²) in [6, 6.07) is 5.78. The van der Waals surface area contributed by atoms with Crippen LogP contribution in [0.4, 0.5) is 0 Å². The number of oxime groups is 1. The Bertz CT molecular complexity index is 368. The molecule has 1 rings (SSSR count). The van der Waals surface area contributed by atoms with E-state index in [1.807, 2.05) is 24.5 Å². The number of thioether (sulfide) groups is 1. The summed E-state index contributed by atoms with van der Waals surface area (Å²) in [4.78, 5) is 4.78. The van der Waals surface area contributed by atoms with E-state index in [0.29, 0.717) is 0 Å². The zero-order valence-corrected chi connectivity index (χ0v) is 11.2. The van der Waals surface area contributed by atoms with Crippen molar-refractivity contribution < 1.29 is 9.57 Å².